The van der Waals surface area contributed by atoms with E-state index >= 15 is 0 Å². The van der Waals surface area contributed by atoms with Crippen LogP contribution in [0.15, 0.2) is 23.1 Å². The number of carbonyl (C=O) groups is 1. The standard InChI is InChI=1S/C11H15N3O6S/c1-13(2)11(16)5-6-12-21(19,20)8-3-4-10(15)9(7-8)14(17)18/h3-4,7,12,15H,5-6H2,1-2H3. The average molecular weight is 317 g/mol. The summed E-state index contributed by atoms with van der Waals surface area (Å²) in [5, 5.41) is 19.9. The van der Waals surface area contributed by atoms with Gasteiger partial charge in [0, 0.05) is 33.1 Å². The highest BCUT2D eigenvalue weighted by Gasteiger charge is 2.21. The normalized spacial score (nSPS) is 11.1. The number of benzene rings is 1. The number of hydrogen-bond donors (Lipinski definition) is 2. The van der Waals surface area contributed by atoms with Crippen molar-refractivity contribution in [3.05, 3.63) is 28.3 Å². The van der Waals surface area contributed by atoms with Crippen LogP contribution < -0.4 is 4.72 Å². The minimum Gasteiger partial charge on any atom is -0.502 e. The molecule has 1 amide bonds. The van der Waals surface area contributed by atoms with Crippen molar-refractivity contribution in [2.24, 2.45) is 0 Å². The second kappa shape index (κ2) is 6.50. The van der Waals surface area contributed by atoms with Crippen molar-refractivity contribution < 1.29 is 23.2 Å². The first-order valence-electron chi connectivity index (χ1n) is 5.82. The quantitative estimate of drug-likeness (QED) is 0.563. The van der Waals surface area contributed by atoms with Crippen LogP contribution in [0.5, 0.6) is 5.75 Å². The summed E-state index contributed by atoms with van der Waals surface area (Å²) in [6.45, 7) is -0.131. The molecule has 0 bridgehead atoms. The first-order chi connectivity index (χ1) is 9.65. The van der Waals surface area contributed by atoms with Crippen LogP contribution in [0, 0.1) is 10.1 Å². The molecule has 1 aromatic carbocycles. The van der Waals surface area contributed by atoms with E-state index in [2.05, 4.69) is 4.72 Å². The molecular formula is C11H15N3O6S. The molecule has 0 saturated carbocycles. The number of nitrogens with one attached hydrogen (secondary N) is 1. The summed E-state index contributed by atoms with van der Waals surface area (Å²) in [4.78, 5) is 22.1. The van der Waals surface area contributed by atoms with Crippen molar-refractivity contribution >= 4 is 21.6 Å². The number of aromatic hydroxyl groups is 1. The number of amides is 1. The van der Waals surface area contributed by atoms with E-state index in [9.17, 15) is 28.4 Å². The van der Waals surface area contributed by atoms with Gasteiger partial charge in [-0.25, -0.2) is 13.1 Å². The lowest BCUT2D eigenvalue weighted by atomic mass is 10.3. The van der Waals surface area contributed by atoms with Gasteiger partial charge in [-0.15, -0.1) is 0 Å². The summed E-state index contributed by atoms with van der Waals surface area (Å²) >= 11 is 0. The maximum atomic E-state index is 11.9. The fraction of sp³-hybridized carbons (Fsp3) is 0.364. The molecule has 21 heavy (non-hydrogen) atoms. The molecule has 0 radical (unpaired) electrons. The molecule has 1 aromatic rings. The number of sulfonamides is 1. The second-order valence-corrected chi connectivity index (χ2v) is 6.11. The summed E-state index contributed by atoms with van der Waals surface area (Å²) in [6.07, 6.45) is -0.0353. The van der Waals surface area contributed by atoms with Crippen LogP contribution in [0.4, 0.5) is 5.69 Å². The summed E-state index contributed by atoms with van der Waals surface area (Å²) in [5.74, 6) is -0.879. The van der Waals surface area contributed by atoms with Crippen LogP contribution in [-0.2, 0) is 14.8 Å². The van der Waals surface area contributed by atoms with Crippen molar-refractivity contribution in [3.63, 3.8) is 0 Å². The van der Waals surface area contributed by atoms with E-state index in [0.29, 0.717) is 0 Å². The molecule has 0 fully saturated rings. The molecule has 0 aliphatic heterocycles. The van der Waals surface area contributed by atoms with Crippen molar-refractivity contribution in [1.82, 2.24) is 9.62 Å². The Bertz CT molecular complexity index is 656. The zero-order chi connectivity index (χ0) is 16.2. The van der Waals surface area contributed by atoms with Crippen molar-refractivity contribution in [1.29, 1.82) is 0 Å². The minimum absolute atomic E-state index is 0.0353. The van der Waals surface area contributed by atoms with E-state index in [4.69, 9.17) is 0 Å². The molecular weight excluding hydrogens is 302 g/mol. The van der Waals surface area contributed by atoms with Crippen molar-refractivity contribution in [2.75, 3.05) is 20.6 Å². The number of hydrogen-bond acceptors (Lipinski definition) is 6. The number of nitro benzene ring substituents is 1. The Morgan fingerprint density at radius 3 is 2.57 bits per heavy atom. The van der Waals surface area contributed by atoms with Gasteiger partial charge in [0.05, 0.1) is 9.82 Å². The Hall–Kier alpha value is -2.20. The lowest BCUT2D eigenvalue weighted by molar-refractivity contribution is -0.386. The first kappa shape index (κ1) is 16.9. The van der Waals surface area contributed by atoms with E-state index < -0.39 is 26.4 Å². The molecule has 0 saturated heterocycles. The van der Waals surface area contributed by atoms with Gasteiger partial charge in [-0.05, 0) is 12.1 Å². The Labute approximate surface area is 121 Å². The lowest BCUT2D eigenvalue weighted by Crippen LogP contribution is -2.30. The van der Waals surface area contributed by atoms with E-state index in [-0.39, 0.29) is 23.8 Å². The van der Waals surface area contributed by atoms with Crippen LogP contribution in [0.2, 0.25) is 0 Å². The van der Waals surface area contributed by atoms with E-state index in [1.165, 1.54) is 4.90 Å². The molecule has 0 aliphatic rings. The molecule has 0 aliphatic carbocycles. The Balaban J connectivity index is 2.86. The molecule has 1 rings (SSSR count). The molecule has 9 nitrogen and oxygen atoms in total. The summed E-state index contributed by atoms with van der Waals surface area (Å²) in [6, 6.07) is 2.72. The predicted molar refractivity (Wildman–Crippen MR) is 73.3 cm³/mol. The topological polar surface area (TPSA) is 130 Å². The number of carbonyl (C=O) groups excluding carboxylic acids is 1. The average Bonchev–Trinajstić information content (AvgIpc) is 2.38. The minimum atomic E-state index is -3.99. The molecule has 0 spiro atoms. The lowest BCUT2D eigenvalue weighted by Gasteiger charge is -2.11. The van der Waals surface area contributed by atoms with Gasteiger partial charge in [-0.1, -0.05) is 0 Å². The third kappa shape index (κ3) is 4.39. The number of phenolic OH excluding ortho intramolecular Hbond substituents is 1. The summed E-state index contributed by atoms with van der Waals surface area (Å²) in [5.41, 5.74) is -0.706. The van der Waals surface area contributed by atoms with Crippen LogP contribution in [0.3, 0.4) is 0 Å². The van der Waals surface area contributed by atoms with E-state index in [1.54, 1.807) is 14.1 Å². The number of rotatable bonds is 6. The Kier molecular flexibility index (Phi) is 5.22. The monoisotopic (exact) mass is 317 g/mol. The molecule has 0 atom stereocenters. The molecule has 2 N–H and O–H groups in total. The van der Waals surface area contributed by atoms with Gasteiger partial charge in [0.15, 0.2) is 5.75 Å². The largest absolute Gasteiger partial charge is 0.502 e. The maximum absolute atomic E-state index is 11.9. The highest BCUT2D eigenvalue weighted by Crippen LogP contribution is 2.28. The van der Waals surface area contributed by atoms with Crippen molar-refractivity contribution in [2.45, 2.75) is 11.3 Å². The fourth-order valence-electron chi connectivity index (χ4n) is 1.42. The van der Waals surface area contributed by atoms with Crippen molar-refractivity contribution in [3.8, 4) is 5.75 Å². The zero-order valence-corrected chi connectivity index (χ0v) is 12.3. The highest BCUT2D eigenvalue weighted by molar-refractivity contribution is 7.89. The van der Waals surface area contributed by atoms with Gasteiger partial charge in [0.25, 0.3) is 0 Å². The molecule has 0 aromatic heterocycles. The number of nitrogens with zero attached hydrogens (tertiary/aromatic N) is 2. The third-order valence-corrected chi connectivity index (χ3v) is 4.04. The Morgan fingerprint density at radius 2 is 2.05 bits per heavy atom. The van der Waals surface area contributed by atoms with Crippen LogP contribution >= 0.6 is 0 Å². The second-order valence-electron chi connectivity index (χ2n) is 4.34. The number of phenols is 1. The Morgan fingerprint density at radius 1 is 1.43 bits per heavy atom. The van der Waals surface area contributed by atoms with Crippen LogP contribution in [0.25, 0.3) is 0 Å². The number of nitro groups is 1. The fourth-order valence-corrected chi connectivity index (χ4v) is 2.47. The molecule has 116 valence electrons. The molecule has 0 heterocycles. The summed E-state index contributed by atoms with van der Waals surface area (Å²) < 4.78 is 26.0. The van der Waals surface area contributed by atoms with Crippen LogP contribution in [0.1, 0.15) is 6.42 Å². The van der Waals surface area contributed by atoms with Gasteiger partial charge in [0.2, 0.25) is 15.9 Å². The summed E-state index contributed by atoms with van der Waals surface area (Å²) in [7, 11) is -0.907. The molecule has 0 unspecified atom stereocenters. The van der Waals surface area contributed by atoms with Gasteiger partial charge in [-0.3, -0.25) is 14.9 Å². The smallest absolute Gasteiger partial charge is 0.312 e. The predicted octanol–water partition coefficient (Wildman–Crippen LogP) is 0.0570. The third-order valence-electron chi connectivity index (χ3n) is 2.58. The van der Waals surface area contributed by atoms with Crippen LogP contribution in [-0.4, -0.2) is 49.9 Å². The molecule has 10 heteroatoms. The van der Waals surface area contributed by atoms with Gasteiger partial charge < -0.3 is 10.0 Å². The highest BCUT2D eigenvalue weighted by atomic mass is 32.2. The van der Waals surface area contributed by atoms with Gasteiger partial charge >= 0.3 is 5.69 Å². The van der Waals surface area contributed by atoms with E-state index in [1.807, 2.05) is 0 Å². The van der Waals surface area contributed by atoms with E-state index in [0.717, 1.165) is 18.2 Å². The first-order valence-corrected chi connectivity index (χ1v) is 7.30. The van der Waals surface area contributed by atoms with Gasteiger partial charge in [0.1, 0.15) is 0 Å². The van der Waals surface area contributed by atoms with Gasteiger partial charge in [-0.2, -0.15) is 0 Å². The SMILES string of the molecule is CN(C)C(=O)CCNS(=O)(=O)c1ccc(O)c([N+](=O)[O-])c1. The maximum Gasteiger partial charge on any atom is 0.312 e. The zero-order valence-electron chi connectivity index (χ0n) is 11.4.